The van der Waals surface area contributed by atoms with Crippen molar-refractivity contribution in [1.82, 2.24) is 16.0 Å². The van der Waals surface area contributed by atoms with Gasteiger partial charge in [-0.25, -0.2) is 0 Å². The number of rotatable bonds is 5. The second-order valence-corrected chi connectivity index (χ2v) is 3.15. The minimum Gasteiger partial charge on any atom is -0.359 e. The van der Waals surface area contributed by atoms with Gasteiger partial charge in [-0.15, -0.1) is 0 Å². The van der Waals surface area contributed by atoms with Crippen LogP contribution in [0.15, 0.2) is 0 Å². The molecule has 0 aromatic rings. The summed E-state index contributed by atoms with van der Waals surface area (Å²) < 4.78 is 0. The summed E-state index contributed by atoms with van der Waals surface area (Å²) >= 11 is 0. The monoisotopic (exact) mass is 215 g/mol. The van der Waals surface area contributed by atoms with Gasteiger partial charge in [0.2, 0.25) is 17.7 Å². The fraction of sp³-hybridized carbons (Fsp3) is 0.667. The maximum atomic E-state index is 11.1. The molecule has 15 heavy (non-hydrogen) atoms. The first-order valence-electron chi connectivity index (χ1n) is 4.67. The first kappa shape index (κ1) is 13.4. The standard InChI is InChI=1S/C9H17N3O3/c1-6(13)12-7(4-8(14)10-2)5-9(15)11-3/h7H,4-5H2,1-3H3,(H,10,14)(H,11,15)(H,12,13). The third-order valence-corrected chi connectivity index (χ3v) is 1.83. The number of nitrogens with one attached hydrogen (secondary N) is 3. The fourth-order valence-corrected chi connectivity index (χ4v) is 1.11. The highest BCUT2D eigenvalue weighted by Gasteiger charge is 2.17. The van der Waals surface area contributed by atoms with Crippen molar-refractivity contribution in [3.63, 3.8) is 0 Å². The minimum atomic E-state index is -0.456. The lowest BCUT2D eigenvalue weighted by molar-refractivity contribution is -0.124. The van der Waals surface area contributed by atoms with E-state index in [1.165, 1.54) is 21.0 Å². The molecule has 86 valence electrons. The third-order valence-electron chi connectivity index (χ3n) is 1.83. The van der Waals surface area contributed by atoms with E-state index in [1.54, 1.807) is 0 Å². The van der Waals surface area contributed by atoms with E-state index in [0.29, 0.717) is 0 Å². The zero-order chi connectivity index (χ0) is 11.8. The Bertz CT molecular complexity index is 235. The lowest BCUT2D eigenvalue weighted by atomic mass is 10.1. The molecule has 0 aliphatic carbocycles. The third kappa shape index (κ3) is 6.48. The van der Waals surface area contributed by atoms with Crippen molar-refractivity contribution in [3.05, 3.63) is 0 Å². The van der Waals surface area contributed by atoms with Crippen molar-refractivity contribution in [2.75, 3.05) is 14.1 Å². The van der Waals surface area contributed by atoms with Crippen LogP contribution in [0.3, 0.4) is 0 Å². The Labute approximate surface area is 88.8 Å². The quantitative estimate of drug-likeness (QED) is 0.536. The minimum absolute atomic E-state index is 0.101. The van der Waals surface area contributed by atoms with Crippen molar-refractivity contribution < 1.29 is 14.4 Å². The Hall–Kier alpha value is -1.59. The first-order valence-corrected chi connectivity index (χ1v) is 4.67. The molecule has 0 fully saturated rings. The van der Waals surface area contributed by atoms with E-state index in [0.717, 1.165) is 0 Å². The molecular weight excluding hydrogens is 198 g/mol. The Balaban J connectivity index is 4.23. The summed E-state index contributed by atoms with van der Waals surface area (Å²) in [6.45, 7) is 1.35. The predicted octanol–water partition coefficient (Wildman–Crippen LogP) is -1.24. The molecule has 0 aromatic carbocycles. The fourth-order valence-electron chi connectivity index (χ4n) is 1.11. The second kappa shape index (κ2) is 6.80. The molecule has 0 saturated heterocycles. The van der Waals surface area contributed by atoms with Crippen LogP contribution in [0.2, 0.25) is 0 Å². The number of hydrogen-bond acceptors (Lipinski definition) is 3. The van der Waals surface area contributed by atoms with Crippen LogP contribution in [0, 0.1) is 0 Å². The summed E-state index contributed by atoms with van der Waals surface area (Å²) in [6.07, 6.45) is 0.201. The van der Waals surface area contributed by atoms with Gasteiger partial charge < -0.3 is 16.0 Å². The largest absolute Gasteiger partial charge is 0.359 e. The Morgan fingerprint density at radius 2 is 1.40 bits per heavy atom. The molecule has 0 saturated carbocycles. The van der Waals surface area contributed by atoms with Gasteiger partial charge in [0, 0.05) is 39.9 Å². The topological polar surface area (TPSA) is 87.3 Å². The normalized spacial score (nSPS) is 9.60. The van der Waals surface area contributed by atoms with E-state index >= 15 is 0 Å². The highest BCUT2D eigenvalue weighted by molar-refractivity contribution is 5.82. The molecule has 0 aromatic heterocycles. The van der Waals surface area contributed by atoms with Crippen LogP contribution in [-0.4, -0.2) is 37.9 Å². The van der Waals surface area contributed by atoms with E-state index < -0.39 is 6.04 Å². The van der Waals surface area contributed by atoms with Gasteiger partial charge in [0.05, 0.1) is 0 Å². The summed E-state index contributed by atoms with van der Waals surface area (Å²) in [7, 11) is 3.01. The molecule has 6 heteroatoms. The molecule has 0 radical (unpaired) electrons. The molecule has 0 bridgehead atoms. The van der Waals surface area contributed by atoms with E-state index in [2.05, 4.69) is 16.0 Å². The smallest absolute Gasteiger partial charge is 0.221 e. The molecule has 0 heterocycles. The number of amides is 3. The van der Waals surface area contributed by atoms with E-state index in [1.807, 2.05) is 0 Å². The number of carbonyl (C=O) groups excluding carboxylic acids is 3. The molecule has 6 nitrogen and oxygen atoms in total. The highest BCUT2D eigenvalue weighted by atomic mass is 16.2. The maximum Gasteiger partial charge on any atom is 0.221 e. The van der Waals surface area contributed by atoms with Crippen LogP contribution >= 0.6 is 0 Å². The molecule has 3 amide bonds. The summed E-state index contributed by atoms with van der Waals surface area (Å²) in [5, 5.41) is 7.43. The van der Waals surface area contributed by atoms with Crippen LogP contribution in [0.4, 0.5) is 0 Å². The van der Waals surface area contributed by atoms with Crippen LogP contribution in [0.25, 0.3) is 0 Å². The molecule has 3 N–H and O–H groups in total. The van der Waals surface area contributed by atoms with Gasteiger partial charge >= 0.3 is 0 Å². The Morgan fingerprint density at radius 3 is 1.67 bits per heavy atom. The van der Waals surface area contributed by atoms with Crippen molar-refractivity contribution in [1.29, 1.82) is 0 Å². The molecule has 0 spiro atoms. The summed E-state index contributed by atoms with van der Waals surface area (Å²) in [6, 6.07) is -0.456. The van der Waals surface area contributed by atoms with Crippen LogP contribution in [0.1, 0.15) is 19.8 Å². The second-order valence-electron chi connectivity index (χ2n) is 3.15. The van der Waals surface area contributed by atoms with Gasteiger partial charge in [-0.05, 0) is 0 Å². The van der Waals surface area contributed by atoms with Crippen molar-refractivity contribution in [2.45, 2.75) is 25.8 Å². The molecule has 0 unspecified atom stereocenters. The van der Waals surface area contributed by atoms with Gasteiger partial charge in [-0.3, -0.25) is 14.4 Å². The number of carbonyl (C=O) groups is 3. The molecule has 0 aliphatic heterocycles. The highest BCUT2D eigenvalue weighted by Crippen LogP contribution is 1.98. The zero-order valence-corrected chi connectivity index (χ0v) is 9.22. The number of hydrogen-bond donors (Lipinski definition) is 3. The first-order chi connectivity index (χ1) is 6.99. The van der Waals surface area contributed by atoms with Gasteiger partial charge in [-0.2, -0.15) is 0 Å². The SMILES string of the molecule is CNC(=O)CC(CC(=O)NC)NC(C)=O. The lowest BCUT2D eigenvalue weighted by Crippen LogP contribution is -2.40. The lowest BCUT2D eigenvalue weighted by Gasteiger charge is -2.15. The Morgan fingerprint density at radius 1 is 1.00 bits per heavy atom. The van der Waals surface area contributed by atoms with Crippen molar-refractivity contribution in [3.8, 4) is 0 Å². The van der Waals surface area contributed by atoms with Gasteiger partial charge in [0.1, 0.15) is 0 Å². The van der Waals surface area contributed by atoms with E-state index in [9.17, 15) is 14.4 Å². The molecule has 0 aliphatic rings. The summed E-state index contributed by atoms with van der Waals surface area (Å²) in [5.41, 5.74) is 0. The molecule has 0 atom stereocenters. The van der Waals surface area contributed by atoms with Crippen molar-refractivity contribution in [2.24, 2.45) is 0 Å². The molecule has 0 rings (SSSR count). The van der Waals surface area contributed by atoms with Crippen LogP contribution in [0.5, 0.6) is 0 Å². The van der Waals surface area contributed by atoms with Crippen LogP contribution < -0.4 is 16.0 Å². The van der Waals surface area contributed by atoms with Crippen LogP contribution in [-0.2, 0) is 14.4 Å². The zero-order valence-electron chi connectivity index (χ0n) is 9.22. The summed E-state index contributed by atoms with van der Waals surface area (Å²) in [5.74, 6) is -0.678. The predicted molar refractivity (Wildman–Crippen MR) is 55.0 cm³/mol. The van der Waals surface area contributed by atoms with Gasteiger partial charge in [0.15, 0.2) is 0 Å². The average molecular weight is 215 g/mol. The van der Waals surface area contributed by atoms with Crippen molar-refractivity contribution >= 4 is 17.7 Å². The molecular formula is C9H17N3O3. The summed E-state index contributed by atoms with van der Waals surface area (Å²) in [4.78, 5) is 33.0. The maximum absolute atomic E-state index is 11.1. The Kier molecular flexibility index (Phi) is 6.08. The van der Waals surface area contributed by atoms with Gasteiger partial charge in [0.25, 0.3) is 0 Å². The average Bonchev–Trinajstić information content (AvgIpc) is 2.16. The van der Waals surface area contributed by atoms with Gasteiger partial charge in [-0.1, -0.05) is 0 Å². The van der Waals surface area contributed by atoms with E-state index in [4.69, 9.17) is 0 Å². The van der Waals surface area contributed by atoms with E-state index in [-0.39, 0.29) is 30.6 Å².